The van der Waals surface area contributed by atoms with E-state index in [0.29, 0.717) is 57.6 Å². The summed E-state index contributed by atoms with van der Waals surface area (Å²) in [4.78, 5) is 25.8. The number of piperidine rings is 1. The lowest BCUT2D eigenvalue weighted by Gasteiger charge is -2.23. The average Bonchev–Trinajstić information content (AvgIpc) is 3.59. The average molecular weight is 468 g/mol. The molecule has 0 radical (unpaired) electrons. The topological polar surface area (TPSA) is 101 Å². The van der Waals surface area contributed by atoms with Crippen LogP contribution in [0.5, 0.6) is 11.5 Å². The summed E-state index contributed by atoms with van der Waals surface area (Å²) in [5.41, 5.74) is 3.52. The van der Waals surface area contributed by atoms with E-state index in [9.17, 15) is 9.18 Å². The van der Waals surface area contributed by atoms with Crippen LogP contribution >= 0.6 is 0 Å². The van der Waals surface area contributed by atoms with E-state index in [4.69, 9.17) is 9.47 Å². The summed E-state index contributed by atoms with van der Waals surface area (Å²) in [7, 11) is 1.43. The Morgan fingerprint density at radius 1 is 1.15 bits per heavy atom. The number of ether oxygens (including phenoxy) is 2. The van der Waals surface area contributed by atoms with Gasteiger partial charge in [-0.2, -0.15) is 0 Å². The number of hydrogen-bond donors (Lipinski definition) is 3. The zero-order chi connectivity index (χ0) is 23.8. The second-order valence-corrected chi connectivity index (χ2v) is 9.20. The highest BCUT2D eigenvalue weighted by molar-refractivity contribution is 6.09. The van der Waals surface area contributed by atoms with Crippen molar-refractivity contribution in [3.05, 3.63) is 35.0 Å². The van der Waals surface area contributed by atoms with Crippen molar-refractivity contribution in [2.24, 2.45) is 5.92 Å². The first-order valence-electron chi connectivity index (χ1n) is 11.8. The molecule has 3 N–H and O–H groups in total. The van der Waals surface area contributed by atoms with Gasteiger partial charge in [-0.15, -0.1) is 0 Å². The van der Waals surface area contributed by atoms with Crippen LogP contribution in [0.4, 0.5) is 4.39 Å². The highest BCUT2D eigenvalue weighted by atomic mass is 19.1. The highest BCUT2D eigenvalue weighted by Crippen LogP contribution is 2.39. The van der Waals surface area contributed by atoms with Crippen molar-refractivity contribution in [1.29, 1.82) is 0 Å². The number of methoxy groups -OCH3 is 1. The standard InChI is InChI=1S/C25H30FN5O3/c1-13-21(25(32)31-16-6-8-27-9-7-16)23-24(28-13)22(29-14(2)30-23)17-10-20(33-3)18(26)11-19(17)34-12-15-4-5-15/h10-11,15-16,27-28H,4-9,12H2,1-3H3,(H,31,32). The van der Waals surface area contributed by atoms with Gasteiger partial charge in [-0.3, -0.25) is 4.79 Å². The van der Waals surface area contributed by atoms with Crippen molar-refractivity contribution in [3.8, 4) is 22.8 Å². The number of fused-ring (bicyclic) bond motifs is 1. The van der Waals surface area contributed by atoms with E-state index in [0.717, 1.165) is 38.8 Å². The number of H-pyrrole nitrogens is 1. The number of aryl methyl sites for hydroxylation is 2. The lowest BCUT2D eigenvalue weighted by atomic mass is 10.1. The Morgan fingerprint density at radius 3 is 2.62 bits per heavy atom. The first-order valence-corrected chi connectivity index (χ1v) is 11.8. The molecular weight excluding hydrogens is 437 g/mol. The maximum Gasteiger partial charge on any atom is 0.255 e. The first-order chi connectivity index (χ1) is 16.4. The molecule has 2 aliphatic rings. The maximum atomic E-state index is 14.6. The van der Waals surface area contributed by atoms with Gasteiger partial charge in [-0.05, 0) is 64.6 Å². The molecule has 180 valence electrons. The predicted octanol–water partition coefficient (Wildman–Crippen LogP) is 3.66. The Morgan fingerprint density at radius 2 is 1.91 bits per heavy atom. The molecule has 2 fully saturated rings. The van der Waals surface area contributed by atoms with Gasteiger partial charge in [0.1, 0.15) is 22.8 Å². The second-order valence-electron chi connectivity index (χ2n) is 9.20. The van der Waals surface area contributed by atoms with Gasteiger partial charge in [0.25, 0.3) is 5.91 Å². The third-order valence-corrected chi connectivity index (χ3v) is 6.53. The third kappa shape index (κ3) is 4.44. The third-order valence-electron chi connectivity index (χ3n) is 6.53. The van der Waals surface area contributed by atoms with Gasteiger partial charge in [0.2, 0.25) is 0 Å². The molecule has 9 heteroatoms. The van der Waals surface area contributed by atoms with E-state index >= 15 is 0 Å². The molecule has 1 aliphatic heterocycles. The number of carbonyl (C=O) groups is 1. The summed E-state index contributed by atoms with van der Waals surface area (Å²) in [5, 5.41) is 6.47. The largest absolute Gasteiger partial charge is 0.494 e. The Kier molecular flexibility index (Phi) is 6.12. The minimum atomic E-state index is -0.497. The predicted molar refractivity (Wildman–Crippen MR) is 127 cm³/mol. The van der Waals surface area contributed by atoms with Gasteiger partial charge in [-0.1, -0.05) is 0 Å². The fraction of sp³-hybridized carbons (Fsp3) is 0.480. The monoisotopic (exact) mass is 467 g/mol. The molecule has 8 nitrogen and oxygen atoms in total. The summed E-state index contributed by atoms with van der Waals surface area (Å²) in [6.45, 7) is 5.94. The Labute approximate surface area is 197 Å². The minimum Gasteiger partial charge on any atom is -0.494 e. The SMILES string of the molecule is COc1cc(-c2nc(C)nc3c(C(=O)NC4CCNCC4)c(C)[nH]c23)c(OCC2CC2)cc1F. The van der Waals surface area contributed by atoms with Crippen molar-refractivity contribution in [1.82, 2.24) is 25.6 Å². The minimum absolute atomic E-state index is 0.102. The van der Waals surface area contributed by atoms with Crippen molar-refractivity contribution in [2.75, 3.05) is 26.8 Å². The van der Waals surface area contributed by atoms with E-state index < -0.39 is 5.82 Å². The van der Waals surface area contributed by atoms with Crippen LogP contribution < -0.4 is 20.1 Å². The van der Waals surface area contributed by atoms with Crippen molar-refractivity contribution < 1.29 is 18.7 Å². The van der Waals surface area contributed by atoms with Crippen LogP contribution in [0.1, 0.15) is 47.6 Å². The summed E-state index contributed by atoms with van der Waals surface area (Å²) in [5.74, 6) is 0.866. The van der Waals surface area contributed by atoms with Crippen molar-refractivity contribution in [3.63, 3.8) is 0 Å². The fourth-order valence-corrected chi connectivity index (χ4v) is 4.48. The summed E-state index contributed by atoms with van der Waals surface area (Å²) < 4.78 is 25.8. The molecule has 0 atom stereocenters. The molecule has 1 saturated heterocycles. The quantitative estimate of drug-likeness (QED) is 0.490. The van der Waals surface area contributed by atoms with Crippen molar-refractivity contribution in [2.45, 2.75) is 45.6 Å². The smallest absolute Gasteiger partial charge is 0.255 e. The molecule has 0 unspecified atom stereocenters. The Bertz CT molecular complexity index is 1230. The van der Waals surface area contributed by atoms with Crippen LogP contribution in [-0.2, 0) is 0 Å². The fourth-order valence-electron chi connectivity index (χ4n) is 4.48. The number of aromatic nitrogens is 3. The van der Waals surface area contributed by atoms with Gasteiger partial charge >= 0.3 is 0 Å². The lowest BCUT2D eigenvalue weighted by Crippen LogP contribution is -2.42. The van der Waals surface area contributed by atoms with Gasteiger partial charge in [0.05, 0.1) is 24.8 Å². The van der Waals surface area contributed by atoms with E-state index in [1.165, 1.54) is 13.2 Å². The normalized spacial score (nSPS) is 16.6. The molecule has 1 aromatic carbocycles. The molecule has 1 aliphatic carbocycles. The van der Waals surface area contributed by atoms with E-state index in [2.05, 4.69) is 25.6 Å². The molecule has 2 aromatic heterocycles. The van der Waals surface area contributed by atoms with E-state index in [-0.39, 0.29) is 17.7 Å². The molecule has 0 bridgehead atoms. The summed E-state index contributed by atoms with van der Waals surface area (Å²) in [6.07, 6.45) is 4.03. The number of benzene rings is 1. The van der Waals surface area contributed by atoms with Crippen LogP contribution in [0.25, 0.3) is 22.3 Å². The molecule has 1 amide bonds. The number of amides is 1. The van der Waals surface area contributed by atoms with Gasteiger partial charge in [0.15, 0.2) is 11.6 Å². The second kappa shape index (κ2) is 9.21. The van der Waals surface area contributed by atoms with Crippen LogP contribution in [0.15, 0.2) is 12.1 Å². The van der Waals surface area contributed by atoms with Gasteiger partial charge in [0, 0.05) is 23.4 Å². The summed E-state index contributed by atoms with van der Waals surface area (Å²) in [6, 6.07) is 3.08. The van der Waals surface area contributed by atoms with Crippen LogP contribution in [0.3, 0.4) is 0 Å². The number of carbonyl (C=O) groups excluding carboxylic acids is 1. The molecule has 34 heavy (non-hydrogen) atoms. The number of halogens is 1. The first kappa shape index (κ1) is 22.6. The van der Waals surface area contributed by atoms with Crippen LogP contribution in [0, 0.1) is 25.6 Å². The number of nitrogens with one attached hydrogen (secondary N) is 3. The number of aromatic amines is 1. The Hall–Kier alpha value is -3.20. The maximum absolute atomic E-state index is 14.6. The van der Waals surface area contributed by atoms with Crippen LogP contribution in [0.2, 0.25) is 0 Å². The van der Waals surface area contributed by atoms with E-state index in [1.807, 2.05) is 6.92 Å². The summed E-state index contributed by atoms with van der Waals surface area (Å²) >= 11 is 0. The highest BCUT2D eigenvalue weighted by Gasteiger charge is 2.27. The lowest BCUT2D eigenvalue weighted by molar-refractivity contribution is 0.0930. The number of hydrogen-bond acceptors (Lipinski definition) is 6. The molecular formula is C25H30FN5O3. The number of nitrogens with zero attached hydrogens (tertiary/aromatic N) is 2. The van der Waals surface area contributed by atoms with Crippen LogP contribution in [-0.4, -0.2) is 53.7 Å². The molecule has 3 aromatic rings. The van der Waals surface area contributed by atoms with Gasteiger partial charge < -0.3 is 25.1 Å². The molecule has 5 rings (SSSR count). The Balaban J connectivity index is 1.59. The zero-order valence-electron chi connectivity index (χ0n) is 19.8. The van der Waals surface area contributed by atoms with Gasteiger partial charge in [-0.25, -0.2) is 14.4 Å². The zero-order valence-corrected chi connectivity index (χ0v) is 19.8. The van der Waals surface area contributed by atoms with E-state index in [1.54, 1.807) is 13.0 Å². The van der Waals surface area contributed by atoms with Crippen molar-refractivity contribution >= 4 is 16.9 Å². The molecule has 0 spiro atoms. The number of rotatable bonds is 7. The molecule has 1 saturated carbocycles. The molecule has 3 heterocycles.